The van der Waals surface area contributed by atoms with Gasteiger partial charge in [-0.2, -0.15) is 5.10 Å². The summed E-state index contributed by atoms with van der Waals surface area (Å²) < 4.78 is 34.9. The van der Waals surface area contributed by atoms with Gasteiger partial charge in [0.05, 0.1) is 31.0 Å². The number of hydrogen-bond donors (Lipinski definition) is 3. The average molecular weight is 426 g/mol. The lowest BCUT2D eigenvalue weighted by Crippen LogP contribution is -2.33. The van der Waals surface area contributed by atoms with Gasteiger partial charge in [-0.05, 0) is 42.8 Å². The first kappa shape index (κ1) is 20.5. The molecule has 1 amide bonds. The van der Waals surface area contributed by atoms with E-state index in [0.29, 0.717) is 33.3 Å². The van der Waals surface area contributed by atoms with E-state index in [9.17, 15) is 18.7 Å². The first-order chi connectivity index (χ1) is 14.9. The number of carbonyl (C=O) groups excluding carboxylic acids is 1. The SMILES string of the molecule is COc1cc(F)cc(C(CO)NC(=O)n2ccc3cc(-c4c[nH]nc4C)c(F)cc32)c1. The van der Waals surface area contributed by atoms with Gasteiger partial charge in [0.15, 0.2) is 0 Å². The summed E-state index contributed by atoms with van der Waals surface area (Å²) in [6, 6.07) is 7.06. The minimum atomic E-state index is -0.882. The molecule has 0 aliphatic heterocycles. The highest BCUT2D eigenvalue weighted by Crippen LogP contribution is 2.30. The molecule has 3 N–H and O–H groups in total. The van der Waals surface area contributed by atoms with Crippen LogP contribution in [-0.2, 0) is 0 Å². The third-order valence-corrected chi connectivity index (χ3v) is 5.13. The molecule has 0 saturated heterocycles. The number of hydrogen-bond acceptors (Lipinski definition) is 4. The quantitative estimate of drug-likeness (QED) is 0.451. The van der Waals surface area contributed by atoms with Crippen molar-refractivity contribution >= 4 is 16.9 Å². The third kappa shape index (κ3) is 3.87. The Balaban J connectivity index is 1.65. The maximum Gasteiger partial charge on any atom is 0.326 e. The van der Waals surface area contributed by atoms with Gasteiger partial charge in [-0.1, -0.05) is 0 Å². The fourth-order valence-corrected chi connectivity index (χ4v) is 3.53. The zero-order valence-corrected chi connectivity index (χ0v) is 16.8. The van der Waals surface area contributed by atoms with Gasteiger partial charge < -0.3 is 15.2 Å². The summed E-state index contributed by atoms with van der Waals surface area (Å²) in [6.45, 7) is 1.31. The lowest BCUT2D eigenvalue weighted by Gasteiger charge is -2.18. The van der Waals surface area contributed by atoms with Crippen molar-refractivity contribution in [1.82, 2.24) is 20.1 Å². The minimum absolute atomic E-state index is 0.262. The van der Waals surface area contributed by atoms with Gasteiger partial charge in [0, 0.05) is 35.0 Å². The second-order valence-electron chi connectivity index (χ2n) is 7.07. The van der Waals surface area contributed by atoms with Crippen molar-refractivity contribution in [2.75, 3.05) is 13.7 Å². The van der Waals surface area contributed by atoms with E-state index in [2.05, 4.69) is 15.5 Å². The van der Waals surface area contributed by atoms with Crippen molar-refractivity contribution in [2.24, 2.45) is 0 Å². The number of aliphatic hydroxyl groups is 1. The standard InChI is InChI=1S/C22H20F2N4O3/c1-12-18(10-25-27-12)17-7-13-3-4-28(21(13)9-19(17)24)22(30)26-20(11-29)14-5-15(23)8-16(6-14)31-2/h3-10,20,29H,11H2,1-2H3,(H,25,27)(H,26,30). The minimum Gasteiger partial charge on any atom is -0.497 e. The first-order valence-corrected chi connectivity index (χ1v) is 9.49. The molecule has 2 aromatic carbocycles. The molecule has 2 heterocycles. The van der Waals surface area contributed by atoms with Gasteiger partial charge in [-0.3, -0.25) is 9.67 Å². The number of aryl methyl sites for hydroxylation is 1. The number of carbonyl (C=O) groups is 1. The molecule has 1 atom stereocenters. The van der Waals surface area contributed by atoms with Crippen LogP contribution >= 0.6 is 0 Å². The maximum atomic E-state index is 14.8. The predicted molar refractivity (Wildman–Crippen MR) is 111 cm³/mol. The Hall–Kier alpha value is -3.72. The number of aromatic nitrogens is 3. The van der Waals surface area contributed by atoms with Crippen LogP contribution in [0.25, 0.3) is 22.0 Å². The number of nitrogens with zero attached hydrogens (tertiary/aromatic N) is 2. The lowest BCUT2D eigenvalue weighted by atomic mass is 10.0. The Kier molecular flexibility index (Phi) is 5.43. The Morgan fingerprint density at radius 3 is 2.74 bits per heavy atom. The number of methoxy groups -OCH3 is 1. The van der Waals surface area contributed by atoms with Crippen LogP contribution in [0.4, 0.5) is 13.6 Å². The highest BCUT2D eigenvalue weighted by atomic mass is 19.1. The van der Waals surface area contributed by atoms with Crippen LogP contribution in [0, 0.1) is 18.6 Å². The molecule has 0 saturated carbocycles. The molecule has 1 unspecified atom stereocenters. The normalized spacial score (nSPS) is 12.2. The highest BCUT2D eigenvalue weighted by Gasteiger charge is 2.19. The van der Waals surface area contributed by atoms with Crippen LogP contribution < -0.4 is 10.1 Å². The second-order valence-corrected chi connectivity index (χ2v) is 7.07. The molecule has 0 spiro atoms. The van der Waals surface area contributed by atoms with Gasteiger partial charge >= 0.3 is 6.03 Å². The molecule has 0 bridgehead atoms. The molecule has 4 rings (SSSR count). The lowest BCUT2D eigenvalue weighted by molar-refractivity contribution is 0.218. The van der Waals surface area contributed by atoms with Crippen molar-refractivity contribution in [2.45, 2.75) is 13.0 Å². The number of ether oxygens (including phenoxy) is 1. The number of rotatable bonds is 5. The average Bonchev–Trinajstić information content (AvgIpc) is 3.36. The Labute approximate surface area is 176 Å². The summed E-state index contributed by atoms with van der Waals surface area (Å²) in [6.07, 6.45) is 3.12. The van der Waals surface area contributed by atoms with E-state index in [0.717, 1.165) is 0 Å². The fourth-order valence-electron chi connectivity index (χ4n) is 3.53. The van der Waals surface area contributed by atoms with E-state index in [-0.39, 0.29) is 5.75 Å². The predicted octanol–water partition coefficient (Wildman–Crippen LogP) is 3.92. The molecule has 0 radical (unpaired) electrons. The number of benzene rings is 2. The largest absolute Gasteiger partial charge is 0.497 e. The zero-order chi connectivity index (χ0) is 22.1. The Bertz CT molecular complexity index is 1270. The second kappa shape index (κ2) is 8.19. The summed E-state index contributed by atoms with van der Waals surface area (Å²) in [5.41, 5.74) is 2.36. The number of aromatic amines is 1. The Morgan fingerprint density at radius 1 is 1.26 bits per heavy atom. The summed E-state index contributed by atoms with van der Waals surface area (Å²) in [7, 11) is 1.39. The van der Waals surface area contributed by atoms with E-state index in [1.807, 2.05) is 0 Å². The van der Waals surface area contributed by atoms with Gasteiger partial charge in [-0.15, -0.1) is 0 Å². The van der Waals surface area contributed by atoms with E-state index in [4.69, 9.17) is 4.74 Å². The molecule has 0 fully saturated rings. The van der Waals surface area contributed by atoms with Crippen molar-refractivity contribution in [3.63, 3.8) is 0 Å². The molecule has 9 heteroatoms. The van der Waals surface area contributed by atoms with Crippen LogP contribution in [0.15, 0.2) is 48.8 Å². The molecular formula is C22H20F2N4O3. The van der Waals surface area contributed by atoms with E-state index >= 15 is 0 Å². The fraction of sp³-hybridized carbons (Fsp3) is 0.182. The summed E-state index contributed by atoms with van der Waals surface area (Å²) in [5, 5.41) is 19.8. The van der Waals surface area contributed by atoms with Crippen molar-refractivity contribution in [1.29, 1.82) is 0 Å². The van der Waals surface area contributed by atoms with Crippen LogP contribution in [-0.4, -0.2) is 39.6 Å². The topological polar surface area (TPSA) is 92.2 Å². The zero-order valence-electron chi connectivity index (χ0n) is 16.8. The molecular weight excluding hydrogens is 406 g/mol. The van der Waals surface area contributed by atoms with Crippen LogP contribution in [0.2, 0.25) is 0 Å². The van der Waals surface area contributed by atoms with Crippen molar-refractivity contribution in [3.8, 4) is 16.9 Å². The van der Waals surface area contributed by atoms with Gasteiger partial charge in [-0.25, -0.2) is 13.6 Å². The molecule has 0 aliphatic rings. The van der Waals surface area contributed by atoms with E-state index < -0.39 is 30.3 Å². The molecule has 160 valence electrons. The van der Waals surface area contributed by atoms with Gasteiger partial charge in [0.25, 0.3) is 0 Å². The number of nitrogens with one attached hydrogen (secondary N) is 2. The third-order valence-electron chi connectivity index (χ3n) is 5.13. The van der Waals surface area contributed by atoms with Crippen molar-refractivity contribution in [3.05, 3.63) is 71.7 Å². The van der Waals surface area contributed by atoms with Crippen molar-refractivity contribution < 1.29 is 23.4 Å². The maximum absolute atomic E-state index is 14.8. The number of aliphatic hydroxyl groups excluding tert-OH is 1. The first-order valence-electron chi connectivity index (χ1n) is 9.49. The number of halogens is 2. The van der Waals surface area contributed by atoms with Gasteiger partial charge in [0.2, 0.25) is 0 Å². The molecule has 4 aromatic rings. The number of amides is 1. The Morgan fingerprint density at radius 2 is 2.06 bits per heavy atom. The molecule has 31 heavy (non-hydrogen) atoms. The van der Waals surface area contributed by atoms with Gasteiger partial charge in [0.1, 0.15) is 17.4 Å². The molecule has 2 aromatic heterocycles. The summed E-state index contributed by atoms with van der Waals surface area (Å²) in [5.74, 6) is -0.797. The van der Waals surface area contributed by atoms with Crippen LogP contribution in [0.3, 0.4) is 0 Å². The molecule has 0 aliphatic carbocycles. The van der Waals surface area contributed by atoms with Crippen LogP contribution in [0.5, 0.6) is 5.75 Å². The monoisotopic (exact) mass is 426 g/mol. The number of fused-ring (bicyclic) bond motifs is 1. The van der Waals surface area contributed by atoms with Crippen LogP contribution in [0.1, 0.15) is 17.3 Å². The summed E-state index contributed by atoms with van der Waals surface area (Å²) in [4.78, 5) is 12.9. The highest BCUT2D eigenvalue weighted by molar-refractivity contribution is 5.94. The summed E-state index contributed by atoms with van der Waals surface area (Å²) >= 11 is 0. The smallest absolute Gasteiger partial charge is 0.326 e. The molecule has 7 nitrogen and oxygen atoms in total. The number of H-pyrrole nitrogens is 1. The van der Waals surface area contributed by atoms with E-state index in [1.54, 1.807) is 25.3 Å². The van der Waals surface area contributed by atoms with E-state index in [1.165, 1.54) is 42.1 Å².